The maximum absolute atomic E-state index is 13.3. The van der Waals surface area contributed by atoms with Crippen molar-refractivity contribution in [2.24, 2.45) is 0 Å². The fourth-order valence-corrected chi connectivity index (χ4v) is 5.14. The van der Waals surface area contributed by atoms with Gasteiger partial charge in [-0.25, -0.2) is 9.78 Å². The Hall–Kier alpha value is -4.37. The van der Waals surface area contributed by atoms with E-state index in [9.17, 15) is 19.7 Å². The van der Waals surface area contributed by atoms with Crippen LogP contribution in [0.15, 0.2) is 66.0 Å². The van der Waals surface area contributed by atoms with Crippen molar-refractivity contribution in [2.75, 3.05) is 6.61 Å². The third-order valence-corrected chi connectivity index (χ3v) is 7.05. The zero-order valence-electron chi connectivity index (χ0n) is 19.8. The molecular weight excluding hydrogens is 490 g/mol. The standard InChI is InChI=1S/C28H23N3O5S/c32-25(29-16-21-9-5-13-37-21)17-36-28(33)26-22-10-1-2-12-24(22)30-27-19(7-4-11-23(26)27)14-18-6-3-8-20(15-18)31(34)35/h1-3,5-6,8-10,12-15H,4,7,11,16-17H2,(H,29,32)/b19-14-. The van der Waals surface area contributed by atoms with Crippen LogP contribution in [0.3, 0.4) is 0 Å². The lowest BCUT2D eigenvalue weighted by molar-refractivity contribution is -0.384. The first kappa shape index (κ1) is 24.3. The van der Waals surface area contributed by atoms with E-state index >= 15 is 0 Å². The van der Waals surface area contributed by atoms with E-state index < -0.39 is 10.9 Å². The number of allylic oxidation sites excluding steroid dienone is 1. The molecule has 0 saturated heterocycles. The van der Waals surface area contributed by atoms with E-state index in [-0.39, 0.29) is 18.2 Å². The highest BCUT2D eigenvalue weighted by Gasteiger charge is 2.26. The maximum Gasteiger partial charge on any atom is 0.339 e. The number of hydrogen-bond donors (Lipinski definition) is 1. The van der Waals surface area contributed by atoms with Crippen LogP contribution in [0.2, 0.25) is 0 Å². The molecule has 1 aliphatic rings. The molecule has 0 aliphatic heterocycles. The molecule has 0 spiro atoms. The molecule has 0 atom stereocenters. The van der Waals surface area contributed by atoms with E-state index in [1.165, 1.54) is 23.5 Å². The van der Waals surface area contributed by atoms with Crippen LogP contribution in [0, 0.1) is 10.1 Å². The van der Waals surface area contributed by atoms with Gasteiger partial charge < -0.3 is 10.1 Å². The van der Waals surface area contributed by atoms with Crippen LogP contribution in [-0.2, 0) is 22.5 Å². The Morgan fingerprint density at radius 1 is 1.11 bits per heavy atom. The van der Waals surface area contributed by atoms with E-state index in [4.69, 9.17) is 9.72 Å². The van der Waals surface area contributed by atoms with E-state index in [1.807, 2.05) is 47.9 Å². The van der Waals surface area contributed by atoms with Gasteiger partial charge in [-0.05, 0) is 59.6 Å². The summed E-state index contributed by atoms with van der Waals surface area (Å²) in [5, 5.41) is 16.6. The highest BCUT2D eigenvalue weighted by Crippen LogP contribution is 2.36. The quantitative estimate of drug-likeness (QED) is 0.197. The van der Waals surface area contributed by atoms with Crippen molar-refractivity contribution in [3.05, 3.63) is 103 Å². The number of nitro groups is 1. The van der Waals surface area contributed by atoms with Crippen LogP contribution in [0.25, 0.3) is 22.6 Å². The number of nitro benzene ring substituents is 1. The SMILES string of the molecule is O=C(COC(=O)c1c2c(nc3ccccc13)/C(=C\c1cccc([N+](=O)[O-])c1)CCC2)NCc1cccs1. The zero-order chi connectivity index (χ0) is 25.8. The van der Waals surface area contributed by atoms with Crippen molar-refractivity contribution in [2.45, 2.75) is 25.8 Å². The number of amides is 1. The summed E-state index contributed by atoms with van der Waals surface area (Å²) < 4.78 is 5.46. The number of carbonyl (C=O) groups excluding carboxylic acids is 2. The zero-order valence-corrected chi connectivity index (χ0v) is 20.6. The summed E-state index contributed by atoms with van der Waals surface area (Å²) >= 11 is 1.54. The molecule has 0 bridgehead atoms. The van der Waals surface area contributed by atoms with Crippen LogP contribution in [0.5, 0.6) is 0 Å². The van der Waals surface area contributed by atoms with E-state index in [2.05, 4.69) is 5.32 Å². The molecule has 2 aromatic heterocycles. The van der Waals surface area contributed by atoms with Gasteiger partial charge in [-0.2, -0.15) is 0 Å². The number of nitrogens with zero attached hydrogens (tertiary/aromatic N) is 2. The Morgan fingerprint density at radius 2 is 1.97 bits per heavy atom. The second kappa shape index (κ2) is 10.7. The number of thiophene rings is 1. The van der Waals surface area contributed by atoms with E-state index in [0.717, 1.165) is 28.9 Å². The summed E-state index contributed by atoms with van der Waals surface area (Å²) in [4.78, 5) is 42.3. The first-order chi connectivity index (χ1) is 18.0. The van der Waals surface area contributed by atoms with Crippen molar-refractivity contribution in [1.29, 1.82) is 0 Å². The van der Waals surface area contributed by atoms with Gasteiger partial charge in [0.2, 0.25) is 0 Å². The minimum atomic E-state index is -0.572. The van der Waals surface area contributed by atoms with Crippen molar-refractivity contribution >= 4 is 51.5 Å². The molecule has 2 aromatic carbocycles. The van der Waals surface area contributed by atoms with Crippen molar-refractivity contribution < 1.29 is 19.2 Å². The minimum Gasteiger partial charge on any atom is -0.452 e. The highest BCUT2D eigenvalue weighted by molar-refractivity contribution is 7.09. The minimum absolute atomic E-state index is 0.0125. The van der Waals surface area contributed by atoms with Crippen LogP contribution < -0.4 is 5.32 Å². The van der Waals surface area contributed by atoms with E-state index in [1.54, 1.807) is 12.1 Å². The van der Waals surface area contributed by atoms with Crippen LogP contribution >= 0.6 is 11.3 Å². The van der Waals surface area contributed by atoms with Gasteiger partial charge in [0.05, 0.1) is 28.2 Å². The Labute approximate surface area is 216 Å². The summed E-state index contributed by atoms with van der Waals surface area (Å²) in [6.45, 7) is -0.000546. The number of esters is 1. The van der Waals surface area contributed by atoms with Gasteiger partial charge in [-0.3, -0.25) is 14.9 Å². The fraction of sp³-hybridized carbons (Fsp3) is 0.179. The lowest BCUT2D eigenvalue weighted by atomic mass is 9.86. The second-order valence-corrected chi connectivity index (χ2v) is 9.67. The second-order valence-electron chi connectivity index (χ2n) is 8.64. The largest absolute Gasteiger partial charge is 0.452 e. The maximum atomic E-state index is 13.3. The number of aromatic nitrogens is 1. The molecule has 1 aliphatic carbocycles. The van der Waals surface area contributed by atoms with Gasteiger partial charge in [0.15, 0.2) is 6.61 Å². The number of non-ortho nitro benzene ring substituents is 1. The fourth-order valence-electron chi connectivity index (χ4n) is 4.49. The summed E-state index contributed by atoms with van der Waals surface area (Å²) in [5.41, 5.74) is 4.11. The number of para-hydroxylation sites is 1. The van der Waals surface area contributed by atoms with Gasteiger partial charge in [0.25, 0.3) is 11.6 Å². The molecule has 0 unspecified atom stereocenters. The van der Waals surface area contributed by atoms with E-state index in [0.29, 0.717) is 40.7 Å². The van der Waals surface area contributed by atoms with Gasteiger partial charge in [0.1, 0.15) is 0 Å². The summed E-state index contributed by atoms with van der Waals surface area (Å²) in [5.74, 6) is -0.946. The third kappa shape index (κ3) is 5.41. The van der Waals surface area contributed by atoms with Gasteiger partial charge in [-0.15, -0.1) is 11.3 Å². The van der Waals surface area contributed by atoms with Crippen LogP contribution in [0.4, 0.5) is 5.69 Å². The Bertz CT molecular complexity index is 1530. The monoisotopic (exact) mass is 513 g/mol. The number of benzene rings is 2. The normalized spacial score (nSPS) is 13.8. The predicted octanol–water partition coefficient (Wildman–Crippen LogP) is 5.55. The summed E-state index contributed by atoms with van der Waals surface area (Å²) in [6.07, 6.45) is 4.03. The Kier molecular flexibility index (Phi) is 7.04. The smallest absolute Gasteiger partial charge is 0.339 e. The lowest BCUT2D eigenvalue weighted by Crippen LogP contribution is -2.28. The summed E-state index contributed by atoms with van der Waals surface area (Å²) in [6, 6.07) is 17.6. The molecule has 9 heteroatoms. The van der Waals surface area contributed by atoms with Gasteiger partial charge >= 0.3 is 5.97 Å². The number of carbonyl (C=O) groups is 2. The number of nitrogens with one attached hydrogen (secondary N) is 1. The molecule has 1 amide bonds. The number of fused-ring (bicyclic) bond motifs is 2. The molecule has 5 rings (SSSR count). The molecule has 2 heterocycles. The number of pyridine rings is 1. The predicted molar refractivity (Wildman–Crippen MR) is 142 cm³/mol. The number of ether oxygens (including phenoxy) is 1. The average molecular weight is 514 g/mol. The molecule has 4 aromatic rings. The molecule has 0 radical (unpaired) electrons. The Morgan fingerprint density at radius 3 is 2.78 bits per heavy atom. The molecular formula is C28H23N3O5S. The Balaban J connectivity index is 1.45. The first-order valence-electron chi connectivity index (χ1n) is 11.8. The molecule has 186 valence electrons. The molecule has 37 heavy (non-hydrogen) atoms. The number of rotatable bonds is 7. The molecule has 0 fully saturated rings. The van der Waals surface area contributed by atoms with Crippen molar-refractivity contribution in [3.8, 4) is 0 Å². The average Bonchev–Trinajstić information content (AvgIpc) is 3.43. The molecule has 1 N–H and O–H groups in total. The van der Waals surface area contributed by atoms with Crippen LogP contribution in [-0.4, -0.2) is 28.4 Å². The molecule has 0 saturated carbocycles. The third-order valence-electron chi connectivity index (χ3n) is 6.17. The lowest BCUT2D eigenvalue weighted by Gasteiger charge is -2.22. The van der Waals surface area contributed by atoms with Crippen LogP contribution in [0.1, 0.15) is 44.9 Å². The van der Waals surface area contributed by atoms with Gasteiger partial charge in [-0.1, -0.05) is 36.4 Å². The van der Waals surface area contributed by atoms with Gasteiger partial charge in [0, 0.05) is 22.4 Å². The topological polar surface area (TPSA) is 111 Å². The molecule has 8 nitrogen and oxygen atoms in total. The first-order valence-corrected chi connectivity index (χ1v) is 12.7. The summed E-state index contributed by atoms with van der Waals surface area (Å²) in [7, 11) is 0. The van der Waals surface area contributed by atoms with Crippen molar-refractivity contribution in [3.63, 3.8) is 0 Å². The number of hydrogen-bond acceptors (Lipinski definition) is 7. The van der Waals surface area contributed by atoms with Crippen molar-refractivity contribution in [1.82, 2.24) is 10.3 Å². The highest BCUT2D eigenvalue weighted by atomic mass is 32.1.